The molecule has 7 saturated carbocycles. The Labute approximate surface area is 199 Å². The summed E-state index contributed by atoms with van der Waals surface area (Å²) in [6.45, 7) is 4.99. The van der Waals surface area contributed by atoms with Crippen LogP contribution in [0.25, 0.3) is 0 Å². The Kier molecular flexibility index (Phi) is 4.62. The molecule has 6 atom stereocenters. The monoisotopic (exact) mass is 449 g/mol. The molecule has 8 rings (SSSR count). The first-order valence-electron chi connectivity index (χ1n) is 14.4. The van der Waals surface area contributed by atoms with Crippen LogP contribution in [-0.4, -0.2) is 17.7 Å². The van der Waals surface area contributed by atoms with E-state index in [1.165, 1.54) is 76.2 Å². The molecule has 0 radical (unpaired) electrons. The first-order chi connectivity index (χ1) is 15.8. The SMILES string of the molecule is C[C@@]12CCC[C@H]1[C@@H]1CCC3=CC(=O)C(C(=O)NC4C5CC6CC(C5)CC4C6)C[C@]3(C)[C@@H]1CC2. The van der Waals surface area contributed by atoms with Gasteiger partial charge in [0.25, 0.3) is 0 Å². The number of nitrogens with one attached hydrogen (secondary N) is 1. The Morgan fingerprint density at radius 2 is 1.67 bits per heavy atom. The van der Waals surface area contributed by atoms with Gasteiger partial charge in [0.15, 0.2) is 5.78 Å². The van der Waals surface area contributed by atoms with Crippen molar-refractivity contribution in [2.24, 2.45) is 58.2 Å². The summed E-state index contributed by atoms with van der Waals surface area (Å²) in [5, 5.41) is 3.50. The Hall–Kier alpha value is -1.12. The van der Waals surface area contributed by atoms with Gasteiger partial charge in [-0.3, -0.25) is 9.59 Å². The Bertz CT molecular complexity index is 877. The van der Waals surface area contributed by atoms with Crippen LogP contribution in [0.5, 0.6) is 0 Å². The van der Waals surface area contributed by atoms with Crippen molar-refractivity contribution >= 4 is 11.7 Å². The van der Waals surface area contributed by atoms with Gasteiger partial charge in [0.1, 0.15) is 5.92 Å². The van der Waals surface area contributed by atoms with Crippen molar-refractivity contribution in [3.05, 3.63) is 11.6 Å². The number of hydrogen-bond donors (Lipinski definition) is 1. The number of allylic oxidation sites excluding steroid dienone is 1. The van der Waals surface area contributed by atoms with Crippen molar-refractivity contribution in [3.63, 3.8) is 0 Å². The van der Waals surface area contributed by atoms with Crippen LogP contribution in [0.1, 0.15) is 97.3 Å². The van der Waals surface area contributed by atoms with E-state index in [0.29, 0.717) is 29.2 Å². The number of carbonyl (C=O) groups excluding carboxylic acids is 2. The zero-order valence-electron chi connectivity index (χ0n) is 20.8. The summed E-state index contributed by atoms with van der Waals surface area (Å²) in [4.78, 5) is 26.9. The number of hydrogen-bond acceptors (Lipinski definition) is 2. The van der Waals surface area contributed by atoms with Crippen LogP contribution >= 0.6 is 0 Å². The molecule has 33 heavy (non-hydrogen) atoms. The largest absolute Gasteiger partial charge is 0.352 e. The third-order valence-electron chi connectivity index (χ3n) is 12.7. The van der Waals surface area contributed by atoms with E-state index in [2.05, 4.69) is 19.2 Å². The summed E-state index contributed by atoms with van der Waals surface area (Å²) in [7, 11) is 0. The van der Waals surface area contributed by atoms with Crippen molar-refractivity contribution in [2.45, 2.75) is 103 Å². The molecule has 1 N–H and O–H groups in total. The third-order valence-corrected chi connectivity index (χ3v) is 12.7. The number of fused-ring (bicyclic) bond motifs is 5. The maximum absolute atomic E-state index is 13.6. The molecule has 0 spiro atoms. The molecule has 0 aromatic heterocycles. The second-order valence-electron chi connectivity index (χ2n) is 14.2. The fourth-order valence-electron chi connectivity index (χ4n) is 11.3. The van der Waals surface area contributed by atoms with E-state index in [1.807, 2.05) is 6.08 Å². The summed E-state index contributed by atoms with van der Waals surface area (Å²) in [5.74, 6) is 5.21. The quantitative estimate of drug-likeness (QED) is 0.520. The highest BCUT2D eigenvalue weighted by Crippen LogP contribution is 2.65. The van der Waals surface area contributed by atoms with Crippen LogP contribution < -0.4 is 5.32 Å². The lowest BCUT2D eigenvalue weighted by Crippen LogP contribution is -2.58. The highest BCUT2D eigenvalue weighted by molar-refractivity contribution is 6.08. The molecule has 1 amide bonds. The normalized spacial score (nSPS) is 54.3. The van der Waals surface area contributed by atoms with Gasteiger partial charge in [-0.25, -0.2) is 0 Å². The van der Waals surface area contributed by atoms with E-state index < -0.39 is 5.92 Å². The van der Waals surface area contributed by atoms with Gasteiger partial charge in [-0.15, -0.1) is 0 Å². The summed E-state index contributed by atoms with van der Waals surface area (Å²) in [6.07, 6.45) is 18.6. The van der Waals surface area contributed by atoms with Crippen molar-refractivity contribution in [1.29, 1.82) is 0 Å². The summed E-state index contributed by atoms with van der Waals surface area (Å²) in [6, 6.07) is 0.337. The van der Waals surface area contributed by atoms with Gasteiger partial charge in [0, 0.05) is 6.04 Å². The van der Waals surface area contributed by atoms with E-state index >= 15 is 0 Å². The van der Waals surface area contributed by atoms with E-state index in [9.17, 15) is 9.59 Å². The predicted molar refractivity (Wildman–Crippen MR) is 129 cm³/mol. The van der Waals surface area contributed by atoms with Crippen molar-refractivity contribution in [2.75, 3.05) is 0 Å². The minimum atomic E-state index is -0.452. The molecular formula is C30H43NO2. The van der Waals surface area contributed by atoms with Gasteiger partial charge in [-0.05, 0) is 135 Å². The molecule has 3 heteroatoms. The van der Waals surface area contributed by atoms with Gasteiger partial charge in [0.2, 0.25) is 5.91 Å². The molecule has 0 saturated heterocycles. The van der Waals surface area contributed by atoms with E-state index in [4.69, 9.17) is 0 Å². The standard InChI is InChI=1S/C30H43NO2/c1-29-8-3-4-24(29)22-6-5-21-15-26(32)23(16-30(21,2)25(22)7-9-29)28(33)31-27-19-11-17-10-18(13-19)14-20(27)12-17/h15,17-20,22-25,27H,3-14,16H2,1-2H3,(H,31,33)/t17?,18?,19?,20?,22-,23?,24-,25+,27?,29-,30-/m0/s1. The minimum Gasteiger partial charge on any atom is -0.352 e. The Morgan fingerprint density at radius 3 is 2.39 bits per heavy atom. The van der Waals surface area contributed by atoms with Crippen molar-refractivity contribution in [3.8, 4) is 0 Å². The summed E-state index contributed by atoms with van der Waals surface area (Å²) < 4.78 is 0. The Balaban J connectivity index is 1.12. The zero-order chi connectivity index (χ0) is 22.5. The molecule has 7 fully saturated rings. The van der Waals surface area contributed by atoms with Gasteiger partial charge in [0.05, 0.1) is 0 Å². The zero-order valence-corrected chi connectivity index (χ0v) is 20.8. The van der Waals surface area contributed by atoms with E-state index in [0.717, 1.165) is 36.5 Å². The number of amides is 1. The molecule has 4 bridgehead atoms. The van der Waals surface area contributed by atoms with Crippen LogP contribution in [-0.2, 0) is 9.59 Å². The van der Waals surface area contributed by atoms with Crippen LogP contribution in [0.3, 0.4) is 0 Å². The van der Waals surface area contributed by atoms with Gasteiger partial charge < -0.3 is 5.32 Å². The average Bonchev–Trinajstić information content (AvgIpc) is 3.17. The Morgan fingerprint density at radius 1 is 0.939 bits per heavy atom. The van der Waals surface area contributed by atoms with Crippen LogP contribution in [0, 0.1) is 58.2 Å². The van der Waals surface area contributed by atoms with Gasteiger partial charge in [-0.2, -0.15) is 0 Å². The third kappa shape index (κ3) is 3.05. The predicted octanol–water partition coefficient (Wildman–Crippen LogP) is 6.08. The molecule has 0 aromatic carbocycles. The fourth-order valence-corrected chi connectivity index (χ4v) is 11.3. The molecular weight excluding hydrogens is 406 g/mol. The van der Waals surface area contributed by atoms with E-state index in [1.54, 1.807) is 0 Å². The lowest BCUT2D eigenvalue weighted by Gasteiger charge is -2.58. The first-order valence-corrected chi connectivity index (χ1v) is 14.4. The second-order valence-corrected chi connectivity index (χ2v) is 14.2. The van der Waals surface area contributed by atoms with Crippen molar-refractivity contribution in [1.82, 2.24) is 5.32 Å². The maximum atomic E-state index is 13.6. The summed E-state index contributed by atoms with van der Waals surface area (Å²) in [5.41, 5.74) is 1.99. The average molecular weight is 450 g/mol. The number of ketones is 1. The number of carbonyl (C=O) groups is 2. The van der Waals surface area contributed by atoms with Crippen LogP contribution in [0.15, 0.2) is 11.6 Å². The molecule has 0 aromatic rings. The number of rotatable bonds is 2. The molecule has 0 heterocycles. The molecule has 8 aliphatic carbocycles. The lowest BCUT2D eigenvalue weighted by molar-refractivity contribution is -0.138. The summed E-state index contributed by atoms with van der Waals surface area (Å²) >= 11 is 0. The van der Waals surface area contributed by atoms with Crippen LogP contribution in [0.4, 0.5) is 0 Å². The van der Waals surface area contributed by atoms with Gasteiger partial charge >= 0.3 is 0 Å². The minimum absolute atomic E-state index is 0.0484. The molecule has 3 nitrogen and oxygen atoms in total. The lowest BCUT2D eigenvalue weighted by atomic mass is 9.47. The van der Waals surface area contributed by atoms with Crippen LogP contribution in [0.2, 0.25) is 0 Å². The maximum Gasteiger partial charge on any atom is 0.231 e. The topological polar surface area (TPSA) is 46.2 Å². The molecule has 1 unspecified atom stereocenters. The highest BCUT2D eigenvalue weighted by Gasteiger charge is 2.58. The smallest absolute Gasteiger partial charge is 0.231 e. The fraction of sp³-hybridized carbons (Fsp3) is 0.867. The highest BCUT2D eigenvalue weighted by atomic mass is 16.2. The van der Waals surface area contributed by atoms with Crippen molar-refractivity contribution < 1.29 is 9.59 Å². The molecule has 0 aliphatic heterocycles. The van der Waals surface area contributed by atoms with Gasteiger partial charge in [-0.1, -0.05) is 25.8 Å². The molecule has 180 valence electrons. The molecule has 8 aliphatic rings. The second kappa shape index (κ2) is 7.20. The van der Waals surface area contributed by atoms with E-state index in [-0.39, 0.29) is 17.1 Å². The first kappa shape index (κ1) is 21.2.